The number of nitrogens with zero attached hydrogens (tertiary/aromatic N) is 2. The smallest absolute Gasteiger partial charge is 0.254 e. The molecular formula is C20H22N4O2. The minimum absolute atomic E-state index is 0.143. The van der Waals surface area contributed by atoms with Crippen molar-refractivity contribution in [3.63, 3.8) is 0 Å². The standard InChI is InChI=1S/C20H22N4O2/c1-12-6-4-5-7-16(12)17(25)11-22-18-9-8-15(10-21-18)19-23-14(3)13(2)20(26)24-19/h4-10,17,25H,11H2,1-3H3,(H,21,22)(H,23,24,26). The number of benzene rings is 1. The molecule has 0 bridgehead atoms. The van der Waals surface area contributed by atoms with Crippen molar-refractivity contribution in [2.45, 2.75) is 26.9 Å². The second-order valence-corrected chi connectivity index (χ2v) is 6.31. The van der Waals surface area contributed by atoms with E-state index >= 15 is 0 Å². The third kappa shape index (κ3) is 3.81. The second kappa shape index (κ2) is 7.49. The number of anilines is 1. The van der Waals surface area contributed by atoms with Crippen LogP contribution >= 0.6 is 0 Å². The maximum Gasteiger partial charge on any atom is 0.254 e. The number of aliphatic hydroxyl groups excluding tert-OH is 1. The van der Waals surface area contributed by atoms with Gasteiger partial charge in [0.1, 0.15) is 11.6 Å². The van der Waals surface area contributed by atoms with Gasteiger partial charge in [0.2, 0.25) is 0 Å². The summed E-state index contributed by atoms with van der Waals surface area (Å²) in [6.45, 7) is 5.89. The number of pyridine rings is 1. The number of rotatable bonds is 5. The van der Waals surface area contributed by atoms with Crippen LogP contribution in [0.1, 0.15) is 28.5 Å². The van der Waals surface area contributed by atoms with Crippen LogP contribution in [0.3, 0.4) is 0 Å². The highest BCUT2D eigenvalue weighted by molar-refractivity contribution is 5.56. The number of nitrogens with one attached hydrogen (secondary N) is 2. The summed E-state index contributed by atoms with van der Waals surface area (Å²) in [6.07, 6.45) is 1.03. The van der Waals surface area contributed by atoms with E-state index in [0.717, 1.165) is 16.7 Å². The fourth-order valence-electron chi connectivity index (χ4n) is 2.69. The van der Waals surface area contributed by atoms with Crippen LogP contribution in [-0.2, 0) is 0 Å². The van der Waals surface area contributed by atoms with Crippen LogP contribution < -0.4 is 10.9 Å². The van der Waals surface area contributed by atoms with Crippen LogP contribution in [0.2, 0.25) is 0 Å². The molecule has 3 N–H and O–H groups in total. The Morgan fingerprint density at radius 1 is 1.15 bits per heavy atom. The predicted octanol–water partition coefficient (Wildman–Crippen LogP) is 2.90. The summed E-state index contributed by atoms with van der Waals surface area (Å²) in [5.74, 6) is 1.14. The van der Waals surface area contributed by atoms with Crippen molar-refractivity contribution >= 4 is 5.82 Å². The third-order valence-corrected chi connectivity index (χ3v) is 4.46. The fourth-order valence-corrected chi connectivity index (χ4v) is 2.69. The summed E-state index contributed by atoms with van der Waals surface area (Å²) in [5, 5.41) is 13.5. The largest absolute Gasteiger partial charge is 0.387 e. The molecule has 0 saturated carbocycles. The highest BCUT2D eigenvalue weighted by Gasteiger charge is 2.10. The quantitative estimate of drug-likeness (QED) is 0.658. The van der Waals surface area contributed by atoms with Gasteiger partial charge in [0.25, 0.3) is 5.56 Å². The lowest BCUT2D eigenvalue weighted by Gasteiger charge is -2.15. The van der Waals surface area contributed by atoms with Gasteiger partial charge in [0, 0.05) is 29.6 Å². The van der Waals surface area contributed by atoms with Gasteiger partial charge in [-0.05, 0) is 44.0 Å². The summed E-state index contributed by atoms with van der Waals surface area (Å²) < 4.78 is 0. The maximum atomic E-state index is 11.9. The van der Waals surface area contributed by atoms with Crippen molar-refractivity contribution in [1.82, 2.24) is 15.0 Å². The van der Waals surface area contributed by atoms with E-state index in [0.29, 0.717) is 29.4 Å². The van der Waals surface area contributed by atoms with Crippen LogP contribution in [0.4, 0.5) is 5.82 Å². The lowest BCUT2D eigenvalue weighted by Crippen LogP contribution is -2.15. The molecule has 6 nitrogen and oxygen atoms in total. The first-order valence-electron chi connectivity index (χ1n) is 8.47. The minimum atomic E-state index is -0.615. The van der Waals surface area contributed by atoms with E-state index in [1.807, 2.05) is 44.2 Å². The molecule has 3 aromatic rings. The lowest BCUT2D eigenvalue weighted by atomic mass is 10.0. The Hall–Kier alpha value is -2.99. The highest BCUT2D eigenvalue weighted by Crippen LogP contribution is 2.19. The van der Waals surface area contributed by atoms with E-state index < -0.39 is 6.10 Å². The summed E-state index contributed by atoms with van der Waals surface area (Å²) >= 11 is 0. The van der Waals surface area contributed by atoms with Gasteiger partial charge in [0.15, 0.2) is 0 Å². The Labute approximate surface area is 152 Å². The van der Waals surface area contributed by atoms with E-state index in [2.05, 4.69) is 20.3 Å². The molecular weight excluding hydrogens is 328 g/mol. The number of aliphatic hydroxyl groups is 1. The van der Waals surface area contributed by atoms with Crippen molar-refractivity contribution in [3.05, 3.63) is 75.3 Å². The van der Waals surface area contributed by atoms with Crippen LogP contribution in [0.25, 0.3) is 11.4 Å². The maximum absolute atomic E-state index is 11.9. The predicted molar refractivity (Wildman–Crippen MR) is 102 cm³/mol. The summed E-state index contributed by atoms with van der Waals surface area (Å²) in [7, 11) is 0. The lowest BCUT2D eigenvalue weighted by molar-refractivity contribution is 0.191. The summed E-state index contributed by atoms with van der Waals surface area (Å²) in [5.41, 5.74) is 3.85. The number of aromatic amines is 1. The van der Waals surface area contributed by atoms with Crippen LogP contribution in [0.15, 0.2) is 47.4 Å². The van der Waals surface area contributed by atoms with Gasteiger partial charge >= 0.3 is 0 Å². The molecule has 0 radical (unpaired) electrons. The van der Waals surface area contributed by atoms with Gasteiger partial charge in [-0.1, -0.05) is 24.3 Å². The van der Waals surface area contributed by atoms with Gasteiger partial charge in [0.05, 0.1) is 6.10 Å². The zero-order valence-electron chi connectivity index (χ0n) is 15.1. The molecule has 0 fully saturated rings. The first-order valence-corrected chi connectivity index (χ1v) is 8.47. The van der Waals surface area contributed by atoms with E-state index in [4.69, 9.17) is 0 Å². The number of H-pyrrole nitrogens is 1. The van der Waals surface area contributed by atoms with Crippen molar-refractivity contribution in [1.29, 1.82) is 0 Å². The first kappa shape index (κ1) is 17.8. The number of hydrogen-bond acceptors (Lipinski definition) is 5. The van der Waals surface area contributed by atoms with Crippen LogP contribution in [0.5, 0.6) is 0 Å². The van der Waals surface area contributed by atoms with Gasteiger partial charge in [-0.3, -0.25) is 4.79 Å². The summed E-state index contributed by atoms with van der Waals surface area (Å²) in [4.78, 5) is 23.4. The van der Waals surface area contributed by atoms with E-state index in [1.165, 1.54) is 0 Å². The van der Waals surface area contributed by atoms with Gasteiger partial charge in [-0.25, -0.2) is 9.97 Å². The van der Waals surface area contributed by atoms with Crippen molar-refractivity contribution in [2.75, 3.05) is 11.9 Å². The zero-order valence-corrected chi connectivity index (χ0v) is 15.1. The molecule has 0 saturated heterocycles. The first-order chi connectivity index (χ1) is 12.5. The van der Waals surface area contributed by atoms with Gasteiger partial charge < -0.3 is 15.4 Å². The topological polar surface area (TPSA) is 90.9 Å². The molecule has 1 atom stereocenters. The average molecular weight is 350 g/mol. The Morgan fingerprint density at radius 2 is 1.92 bits per heavy atom. The molecule has 1 unspecified atom stereocenters. The van der Waals surface area contributed by atoms with E-state index in [9.17, 15) is 9.90 Å². The number of hydrogen-bond donors (Lipinski definition) is 3. The fraction of sp³-hybridized carbons (Fsp3) is 0.250. The Kier molecular flexibility index (Phi) is 5.14. The van der Waals surface area contributed by atoms with Crippen molar-refractivity contribution < 1.29 is 5.11 Å². The molecule has 0 amide bonds. The Balaban J connectivity index is 1.70. The second-order valence-electron chi connectivity index (χ2n) is 6.31. The SMILES string of the molecule is Cc1ccccc1C(O)CNc1ccc(-c2nc(C)c(C)c(=O)[nH]2)cn1. The average Bonchev–Trinajstić information content (AvgIpc) is 2.64. The Morgan fingerprint density at radius 3 is 2.58 bits per heavy atom. The van der Waals surface area contributed by atoms with Crippen LogP contribution in [0, 0.1) is 20.8 Å². The van der Waals surface area contributed by atoms with Crippen LogP contribution in [-0.4, -0.2) is 26.6 Å². The summed E-state index contributed by atoms with van der Waals surface area (Å²) in [6, 6.07) is 11.4. The molecule has 1 aromatic carbocycles. The van der Waals surface area contributed by atoms with Gasteiger partial charge in [-0.15, -0.1) is 0 Å². The Bertz CT molecular complexity index is 964. The molecule has 2 aromatic heterocycles. The molecule has 3 rings (SSSR count). The van der Waals surface area contributed by atoms with Gasteiger partial charge in [-0.2, -0.15) is 0 Å². The number of aryl methyl sites for hydroxylation is 2. The van der Waals surface area contributed by atoms with Crippen molar-refractivity contribution in [3.8, 4) is 11.4 Å². The highest BCUT2D eigenvalue weighted by atomic mass is 16.3. The molecule has 6 heteroatoms. The normalized spacial score (nSPS) is 12.0. The van der Waals surface area contributed by atoms with E-state index in [1.54, 1.807) is 19.2 Å². The molecule has 26 heavy (non-hydrogen) atoms. The molecule has 0 aliphatic rings. The molecule has 0 aliphatic carbocycles. The molecule has 0 aliphatic heterocycles. The monoisotopic (exact) mass is 350 g/mol. The zero-order chi connectivity index (χ0) is 18.7. The van der Waals surface area contributed by atoms with Crippen molar-refractivity contribution in [2.24, 2.45) is 0 Å². The molecule has 134 valence electrons. The third-order valence-electron chi connectivity index (χ3n) is 4.46. The molecule has 2 heterocycles. The van der Waals surface area contributed by atoms with E-state index in [-0.39, 0.29) is 5.56 Å². The number of aromatic nitrogens is 3. The molecule has 0 spiro atoms. The minimum Gasteiger partial charge on any atom is -0.387 e.